The van der Waals surface area contributed by atoms with Gasteiger partial charge in [-0.15, -0.1) is 0 Å². The van der Waals surface area contributed by atoms with Crippen LogP contribution in [0.15, 0.2) is 0 Å². The van der Waals surface area contributed by atoms with Crippen LogP contribution in [-0.2, 0) is 4.79 Å². The van der Waals surface area contributed by atoms with Gasteiger partial charge in [-0.05, 0) is 19.3 Å². The Balaban J connectivity index is 1.87. The minimum absolute atomic E-state index is 0.410. The number of Topliss-reactive ketones (excluding diaryl/α,β-unsaturated/α-hetero) is 1. The summed E-state index contributed by atoms with van der Waals surface area (Å²) in [5.74, 6) is 0.410. The number of rotatable bonds is 10. The van der Waals surface area contributed by atoms with Gasteiger partial charge in [0.2, 0.25) is 0 Å². The van der Waals surface area contributed by atoms with Crippen LogP contribution < -0.4 is 5.32 Å². The molecule has 0 radical (unpaired) electrons. The van der Waals surface area contributed by atoms with Crippen molar-refractivity contribution in [1.29, 1.82) is 0 Å². The van der Waals surface area contributed by atoms with Crippen molar-refractivity contribution in [2.75, 3.05) is 6.54 Å². The van der Waals surface area contributed by atoms with Gasteiger partial charge in [-0.2, -0.15) is 0 Å². The van der Waals surface area contributed by atoms with Crippen LogP contribution in [-0.4, -0.2) is 18.4 Å². The van der Waals surface area contributed by atoms with Crippen LogP contribution >= 0.6 is 0 Å². The number of carbonyl (C=O) groups excluding carboxylic acids is 1. The minimum Gasteiger partial charge on any atom is -0.307 e. The van der Waals surface area contributed by atoms with Gasteiger partial charge in [0.05, 0.1) is 6.54 Å². The second-order valence-electron chi connectivity index (χ2n) is 5.42. The second-order valence-corrected chi connectivity index (χ2v) is 5.42. The van der Waals surface area contributed by atoms with Crippen molar-refractivity contribution < 1.29 is 4.79 Å². The Morgan fingerprint density at radius 3 is 2.41 bits per heavy atom. The van der Waals surface area contributed by atoms with Gasteiger partial charge in [-0.1, -0.05) is 51.9 Å². The maximum absolute atomic E-state index is 11.6. The van der Waals surface area contributed by atoms with Crippen molar-refractivity contribution >= 4 is 5.78 Å². The minimum atomic E-state index is 0.410. The molecule has 1 fully saturated rings. The third kappa shape index (κ3) is 7.54. The molecule has 17 heavy (non-hydrogen) atoms. The Labute approximate surface area is 107 Å². The van der Waals surface area contributed by atoms with Crippen molar-refractivity contribution in [3.05, 3.63) is 0 Å². The first-order valence-electron chi connectivity index (χ1n) is 7.58. The molecule has 1 N–H and O–H groups in total. The predicted molar refractivity (Wildman–Crippen MR) is 73.3 cm³/mol. The number of nitrogens with one attached hydrogen (secondary N) is 1. The van der Waals surface area contributed by atoms with Gasteiger partial charge in [0.25, 0.3) is 0 Å². The Kier molecular flexibility index (Phi) is 8.33. The Morgan fingerprint density at radius 2 is 1.71 bits per heavy atom. The number of hydrogen-bond acceptors (Lipinski definition) is 2. The van der Waals surface area contributed by atoms with E-state index in [2.05, 4.69) is 12.2 Å². The van der Waals surface area contributed by atoms with E-state index in [1.54, 1.807) is 0 Å². The van der Waals surface area contributed by atoms with Crippen LogP contribution in [0.4, 0.5) is 0 Å². The lowest BCUT2D eigenvalue weighted by molar-refractivity contribution is -0.118. The quantitative estimate of drug-likeness (QED) is 0.587. The fourth-order valence-electron chi connectivity index (χ4n) is 2.58. The molecule has 2 nitrogen and oxygen atoms in total. The van der Waals surface area contributed by atoms with E-state index in [1.165, 1.54) is 57.8 Å². The van der Waals surface area contributed by atoms with Gasteiger partial charge in [0.1, 0.15) is 5.78 Å². The average molecular weight is 239 g/mol. The van der Waals surface area contributed by atoms with E-state index in [1.807, 2.05) is 0 Å². The molecule has 0 spiro atoms. The maximum Gasteiger partial charge on any atom is 0.146 e. The third-order valence-corrected chi connectivity index (χ3v) is 3.75. The van der Waals surface area contributed by atoms with Gasteiger partial charge >= 0.3 is 0 Å². The van der Waals surface area contributed by atoms with Crippen LogP contribution in [0.2, 0.25) is 0 Å². The summed E-state index contributed by atoms with van der Waals surface area (Å²) in [5, 5.41) is 3.39. The Bertz CT molecular complexity index is 197. The van der Waals surface area contributed by atoms with E-state index in [9.17, 15) is 4.79 Å². The molecule has 0 aromatic heterocycles. The van der Waals surface area contributed by atoms with Gasteiger partial charge < -0.3 is 5.32 Å². The van der Waals surface area contributed by atoms with Gasteiger partial charge in [0, 0.05) is 12.5 Å². The molecular formula is C15H29NO. The van der Waals surface area contributed by atoms with Gasteiger partial charge in [-0.3, -0.25) is 4.79 Å². The predicted octanol–water partition coefficient (Wildman–Crippen LogP) is 3.84. The third-order valence-electron chi connectivity index (χ3n) is 3.75. The molecule has 0 amide bonds. The molecule has 0 saturated heterocycles. The molecule has 0 aromatic rings. The molecule has 0 heterocycles. The standard InChI is InChI=1S/C15H29NO/c1-2-3-4-5-6-7-12-15(17)13-16-14-10-8-9-11-14/h14,16H,2-13H2,1H3. The molecule has 0 atom stereocenters. The van der Waals surface area contributed by atoms with Gasteiger partial charge in [-0.25, -0.2) is 0 Å². The lowest BCUT2D eigenvalue weighted by Crippen LogP contribution is -2.31. The fourth-order valence-corrected chi connectivity index (χ4v) is 2.58. The Morgan fingerprint density at radius 1 is 1.06 bits per heavy atom. The first-order valence-corrected chi connectivity index (χ1v) is 7.58. The number of ketones is 1. The van der Waals surface area contributed by atoms with Crippen molar-refractivity contribution in [2.24, 2.45) is 0 Å². The highest BCUT2D eigenvalue weighted by atomic mass is 16.1. The molecule has 0 aromatic carbocycles. The molecule has 1 saturated carbocycles. The molecule has 100 valence electrons. The van der Waals surface area contributed by atoms with E-state index in [0.717, 1.165) is 12.8 Å². The van der Waals surface area contributed by atoms with Crippen molar-refractivity contribution in [1.82, 2.24) is 5.32 Å². The summed E-state index contributed by atoms with van der Waals surface area (Å²) in [4.78, 5) is 11.6. The number of carbonyl (C=O) groups is 1. The van der Waals surface area contributed by atoms with Crippen LogP contribution in [0.3, 0.4) is 0 Å². The topological polar surface area (TPSA) is 29.1 Å². The lowest BCUT2D eigenvalue weighted by atomic mass is 10.1. The SMILES string of the molecule is CCCCCCCCC(=O)CNC1CCCC1. The summed E-state index contributed by atoms with van der Waals surface area (Å²) < 4.78 is 0. The number of unbranched alkanes of at least 4 members (excludes halogenated alkanes) is 5. The normalized spacial score (nSPS) is 16.5. The fraction of sp³-hybridized carbons (Fsp3) is 0.933. The molecule has 1 aliphatic rings. The highest BCUT2D eigenvalue weighted by molar-refractivity contribution is 5.80. The zero-order chi connectivity index (χ0) is 12.3. The molecule has 1 aliphatic carbocycles. The average Bonchev–Trinajstić information content (AvgIpc) is 2.84. The summed E-state index contributed by atoms with van der Waals surface area (Å²) in [6.45, 7) is 2.85. The monoisotopic (exact) mass is 239 g/mol. The summed E-state index contributed by atoms with van der Waals surface area (Å²) in [6, 6.07) is 0.628. The van der Waals surface area contributed by atoms with Crippen LogP contribution in [0.5, 0.6) is 0 Å². The van der Waals surface area contributed by atoms with Crippen LogP contribution in [0.25, 0.3) is 0 Å². The zero-order valence-corrected chi connectivity index (χ0v) is 11.5. The summed E-state index contributed by atoms with van der Waals surface area (Å²) in [7, 11) is 0. The Hall–Kier alpha value is -0.370. The largest absolute Gasteiger partial charge is 0.307 e. The van der Waals surface area contributed by atoms with Crippen LogP contribution in [0, 0.1) is 0 Å². The summed E-state index contributed by atoms with van der Waals surface area (Å²) in [5.41, 5.74) is 0. The van der Waals surface area contributed by atoms with Crippen LogP contribution in [0.1, 0.15) is 77.6 Å². The molecule has 0 unspecified atom stereocenters. The first kappa shape index (κ1) is 14.7. The molecule has 2 heteroatoms. The highest BCUT2D eigenvalue weighted by Gasteiger charge is 2.14. The zero-order valence-electron chi connectivity index (χ0n) is 11.5. The molecule has 0 bridgehead atoms. The maximum atomic E-state index is 11.6. The molecule has 1 rings (SSSR count). The van der Waals surface area contributed by atoms with E-state index in [0.29, 0.717) is 18.4 Å². The van der Waals surface area contributed by atoms with E-state index in [4.69, 9.17) is 0 Å². The van der Waals surface area contributed by atoms with E-state index < -0.39 is 0 Å². The van der Waals surface area contributed by atoms with Crippen molar-refractivity contribution in [3.8, 4) is 0 Å². The highest BCUT2D eigenvalue weighted by Crippen LogP contribution is 2.17. The van der Waals surface area contributed by atoms with Crippen molar-refractivity contribution in [3.63, 3.8) is 0 Å². The first-order chi connectivity index (χ1) is 8.33. The lowest BCUT2D eigenvalue weighted by Gasteiger charge is -2.10. The summed E-state index contributed by atoms with van der Waals surface area (Å²) >= 11 is 0. The second kappa shape index (κ2) is 9.64. The summed E-state index contributed by atoms with van der Waals surface area (Å²) in [6.07, 6.45) is 13.6. The molecule has 0 aliphatic heterocycles. The van der Waals surface area contributed by atoms with Gasteiger partial charge in [0.15, 0.2) is 0 Å². The van der Waals surface area contributed by atoms with Crippen molar-refractivity contribution in [2.45, 2.75) is 83.6 Å². The number of hydrogen-bond donors (Lipinski definition) is 1. The molecular weight excluding hydrogens is 210 g/mol. The van der Waals surface area contributed by atoms with E-state index >= 15 is 0 Å². The smallest absolute Gasteiger partial charge is 0.146 e. The van der Waals surface area contributed by atoms with E-state index in [-0.39, 0.29) is 0 Å².